The number of thioether (sulfide) groups is 1. The van der Waals surface area contributed by atoms with Crippen LogP contribution in [0.25, 0.3) is 28.9 Å². The number of thiocarbonyl (C=S) groups is 1. The number of thiophene rings is 1. The molecule has 9 rings (SSSR count). The summed E-state index contributed by atoms with van der Waals surface area (Å²) in [4.78, 5) is 31.8. The summed E-state index contributed by atoms with van der Waals surface area (Å²) in [6.45, 7) is 4.25. The van der Waals surface area contributed by atoms with Gasteiger partial charge in [0.15, 0.2) is 0 Å². The van der Waals surface area contributed by atoms with Crippen molar-refractivity contribution >= 4 is 103 Å². The Hall–Kier alpha value is -7.03. The largest absolute Gasteiger partial charge is 0.480 e. The highest BCUT2D eigenvalue weighted by Gasteiger charge is 2.40. The van der Waals surface area contributed by atoms with Crippen molar-refractivity contribution in [3.8, 4) is 17.2 Å². The number of amides is 1. The summed E-state index contributed by atoms with van der Waals surface area (Å²) < 4.78 is 0.213. The predicted molar refractivity (Wildman–Crippen MR) is 291 cm³/mol. The summed E-state index contributed by atoms with van der Waals surface area (Å²) >= 11 is 7.73. The van der Waals surface area contributed by atoms with Crippen LogP contribution in [0.3, 0.4) is 0 Å². The van der Waals surface area contributed by atoms with Crippen LogP contribution < -0.4 is 9.80 Å². The number of anilines is 6. The third-order valence-corrected chi connectivity index (χ3v) is 15.4. The molecule has 69 heavy (non-hydrogen) atoms. The van der Waals surface area contributed by atoms with Crippen molar-refractivity contribution in [3.05, 3.63) is 195 Å². The molecule has 1 aliphatic carbocycles. The molecule has 0 bridgehead atoms. The van der Waals surface area contributed by atoms with Gasteiger partial charge >= 0.3 is 5.97 Å². The maximum absolute atomic E-state index is 12.9. The van der Waals surface area contributed by atoms with E-state index in [-0.39, 0.29) is 9.74 Å². The van der Waals surface area contributed by atoms with Crippen LogP contribution in [-0.4, -0.2) is 32.7 Å². The van der Waals surface area contributed by atoms with Crippen LogP contribution in [0.15, 0.2) is 169 Å². The first kappa shape index (κ1) is 47.1. The van der Waals surface area contributed by atoms with Crippen molar-refractivity contribution in [3.63, 3.8) is 0 Å². The Kier molecular flexibility index (Phi) is 14.4. The molecule has 1 N–H and O–H groups in total. The molecule has 0 spiro atoms. The van der Waals surface area contributed by atoms with Crippen molar-refractivity contribution in [2.24, 2.45) is 0 Å². The third-order valence-electron chi connectivity index (χ3n) is 13.0. The number of fused-ring (bicyclic) bond motifs is 3. The molecule has 7 aromatic rings. The van der Waals surface area contributed by atoms with Crippen LogP contribution in [0.2, 0.25) is 0 Å². The molecule has 1 amide bonds. The lowest BCUT2D eigenvalue weighted by Crippen LogP contribution is -2.33. The maximum atomic E-state index is 12.9. The number of hydrogen-bond donors (Lipinski definition) is 1. The Balaban J connectivity index is 1.04. The zero-order valence-corrected chi connectivity index (χ0v) is 41.1. The second-order valence-electron chi connectivity index (χ2n) is 17.6. The Bertz CT molecular complexity index is 3070. The summed E-state index contributed by atoms with van der Waals surface area (Å²) in [7, 11) is 0. The predicted octanol–water partition coefficient (Wildman–Crippen LogP) is 16.1. The number of carbonyl (C=O) groups excluding carboxylic acids is 1. The van der Waals surface area contributed by atoms with Crippen LogP contribution >= 0.6 is 35.3 Å². The smallest absolute Gasteiger partial charge is 0.323 e. The molecular weight excluding hydrogens is 909 g/mol. The fraction of sp³-hybridized carbons (Fsp3) is 0.186. The number of aliphatic carboxylic acids is 1. The van der Waals surface area contributed by atoms with E-state index >= 15 is 0 Å². The van der Waals surface area contributed by atoms with Gasteiger partial charge in [-0.25, -0.2) is 0 Å². The van der Waals surface area contributed by atoms with E-state index in [9.17, 15) is 20.0 Å². The van der Waals surface area contributed by atoms with Crippen LogP contribution in [0, 0.1) is 11.3 Å². The normalized spacial score (nSPS) is 15.8. The first-order chi connectivity index (χ1) is 33.6. The standard InChI is InChI=1S/C59H52N4O3S3/c1-3-4-5-6-7-17-34-59(2)52-36-47(62(43-18-11-8-12-19-43)44-20-13-9-14-21-44)28-31-50(52)51-32-29-48(37-53(51)59)63(45-22-15-10-16-23-45)46-26-24-41(25-27-46)35-42(39-60)54-33-30-49(68-54)38-55-57(66)61(40-56(64)65)58(67)69-55/h8-16,18-33,35-38H,3-7,17,34,40H2,1-2H3,(H,64,65)/b42-35-,55-38-. The molecule has 1 saturated heterocycles. The Morgan fingerprint density at radius 2 is 1.20 bits per heavy atom. The molecule has 344 valence electrons. The van der Waals surface area contributed by atoms with E-state index < -0.39 is 18.4 Å². The molecule has 1 unspecified atom stereocenters. The number of allylic oxidation sites excluding steroid dienone is 1. The molecule has 1 aliphatic heterocycles. The van der Waals surface area contributed by atoms with Gasteiger partial charge in [0.25, 0.3) is 5.91 Å². The van der Waals surface area contributed by atoms with E-state index in [1.807, 2.05) is 36.4 Å². The van der Waals surface area contributed by atoms with E-state index in [1.54, 1.807) is 6.08 Å². The van der Waals surface area contributed by atoms with Crippen LogP contribution in [0.5, 0.6) is 0 Å². The average Bonchev–Trinajstić information content (AvgIpc) is 4.02. The molecular formula is C59H52N4O3S3. The molecule has 0 radical (unpaired) electrons. The second kappa shape index (κ2) is 21.1. The van der Waals surface area contributed by atoms with Gasteiger partial charge in [-0.15, -0.1) is 11.3 Å². The van der Waals surface area contributed by atoms with Crippen molar-refractivity contribution < 1.29 is 14.7 Å². The van der Waals surface area contributed by atoms with Crippen molar-refractivity contribution in [2.45, 2.75) is 64.2 Å². The molecule has 1 atom stereocenters. The SMILES string of the molecule is CCCCCCCCC1(C)c2cc(N(c3ccccc3)c3ccccc3)ccc2-c2ccc(N(c3ccccc3)c3ccc(/C=C(/C#N)c4ccc(/C=C5\SC(=S)N(CC(=O)O)C5=O)s4)cc3)cc21. The van der Waals surface area contributed by atoms with Gasteiger partial charge in [0, 0.05) is 49.3 Å². The molecule has 2 heterocycles. The number of carboxylic acid groups (broad SMARTS) is 1. The van der Waals surface area contributed by atoms with Gasteiger partial charge in [-0.05, 0) is 131 Å². The molecule has 7 nitrogen and oxygen atoms in total. The van der Waals surface area contributed by atoms with Crippen molar-refractivity contribution in [2.75, 3.05) is 16.3 Å². The number of benzene rings is 6. The number of para-hydroxylation sites is 3. The van der Waals surface area contributed by atoms with Crippen molar-refractivity contribution in [1.29, 1.82) is 5.26 Å². The lowest BCUT2D eigenvalue weighted by Gasteiger charge is -2.31. The minimum Gasteiger partial charge on any atom is -0.480 e. The number of hydrogen-bond acceptors (Lipinski definition) is 8. The minimum atomic E-state index is -1.13. The van der Waals surface area contributed by atoms with Crippen LogP contribution in [-0.2, 0) is 15.0 Å². The second-order valence-corrected chi connectivity index (χ2v) is 20.4. The first-order valence-electron chi connectivity index (χ1n) is 23.5. The zero-order valence-electron chi connectivity index (χ0n) is 38.7. The summed E-state index contributed by atoms with van der Waals surface area (Å²) in [5.74, 6) is -1.56. The zero-order chi connectivity index (χ0) is 47.9. The summed E-state index contributed by atoms with van der Waals surface area (Å²) in [5.41, 5.74) is 12.9. The van der Waals surface area contributed by atoms with Gasteiger partial charge in [-0.2, -0.15) is 5.26 Å². The number of carboxylic acids is 1. The van der Waals surface area contributed by atoms with Gasteiger partial charge in [-0.3, -0.25) is 14.5 Å². The number of carbonyl (C=O) groups is 2. The van der Waals surface area contributed by atoms with Gasteiger partial charge in [0.2, 0.25) is 0 Å². The van der Waals surface area contributed by atoms with Crippen LogP contribution in [0.1, 0.15) is 85.2 Å². The lowest BCUT2D eigenvalue weighted by molar-refractivity contribution is -0.140. The number of nitriles is 1. The highest BCUT2D eigenvalue weighted by molar-refractivity contribution is 8.26. The summed E-state index contributed by atoms with van der Waals surface area (Å²) in [5, 5.41) is 19.5. The molecule has 2 aliphatic rings. The van der Waals surface area contributed by atoms with Gasteiger partial charge < -0.3 is 14.9 Å². The Morgan fingerprint density at radius 3 is 1.72 bits per heavy atom. The molecule has 1 fully saturated rings. The molecule has 0 saturated carbocycles. The van der Waals surface area contributed by atoms with Gasteiger partial charge in [0.1, 0.15) is 16.9 Å². The topological polar surface area (TPSA) is 87.9 Å². The highest BCUT2D eigenvalue weighted by Crippen LogP contribution is 2.54. The van der Waals surface area contributed by atoms with E-state index in [0.29, 0.717) is 10.5 Å². The Labute approximate surface area is 418 Å². The van der Waals surface area contributed by atoms with E-state index in [0.717, 1.165) is 78.9 Å². The Morgan fingerprint density at radius 1 is 0.696 bits per heavy atom. The third kappa shape index (κ3) is 10.1. The first-order valence-corrected chi connectivity index (χ1v) is 25.5. The summed E-state index contributed by atoms with van der Waals surface area (Å²) in [6, 6.07) is 60.2. The van der Waals surface area contributed by atoms with Crippen molar-refractivity contribution in [1.82, 2.24) is 4.90 Å². The highest BCUT2D eigenvalue weighted by atomic mass is 32.2. The van der Waals surface area contributed by atoms with Gasteiger partial charge in [0.05, 0.1) is 10.5 Å². The number of nitrogens with zero attached hydrogens (tertiary/aromatic N) is 4. The fourth-order valence-electron chi connectivity index (χ4n) is 9.55. The lowest BCUT2D eigenvalue weighted by atomic mass is 9.75. The quantitative estimate of drug-likeness (QED) is 0.0394. The fourth-order valence-corrected chi connectivity index (χ4v) is 11.8. The molecule has 6 aromatic carbocycles. The number of unbranched alkanes of at least 4 members (excludes halogenated alkanes) is 5. The maximum Gasteiger partial charge on any atom is 0.323 e. The average molecular weight is 961 g/mol. The molecule has 1 aromatic heterocycles. The molecule has 10 heteroatoms. The number of rotatable bonds is 18. The summed E-state index contributed by atoms with van der Waals surface area (Å²) in [6.07, 6.45) is 12.0. The van der Waals surface area contributed by atoms with Crippen LogP contribution in [0.4, 0.5) is 34.1 Å². The van der Waals surface area contributed by atoms with E-state index in [2.05, 4.69) is 163 Å². The monoisotopic (exact) mass is 960 g/mol. The van der Waals surface area contributed by atoms with E-state index in [1.165, 1.54) is 65.7 Å². The van der Waals surface area contributed by atoms with E-state index in [4.69, 9.17) is 12.2 Å². The minimum absolute atomic E-state index is 0.213. The van der Waals surface area contributed by atoms with Gasteiger partial charge in [-0.1, -0.05) is 155 Å².